The van der Waals surface area contributed by atoms with E-state index in [0.29, 0.717) is 16.6 Å². The Morgan fingerprint density at radius 3 is 2.34 bits per heavy atom. The Kier molecular flexibility index (Phi) is 7.13. The van der Waals surface area contributed by atoms with Crippen molar-refractivity contribution in [1.29, 1.82) is 0 Å². The fraction of sp³-hybridized carbons (Fsp3) is 0.278. The Labute approximate surface area is 176 Å². The van der Waals surface area contributed by atoms with Crippen LogP contribution in [0.25, 0.3) is 0 Å². The number of hydrogen-bond acceptors (Lipinski definition) is 4. The number of thioether (sulfide) groups is 1. The first-order chi connectivity index (χ1) is 13.3. The molecule has 0 saturated carbocycles. The second kappa shape index (κ2) is 8.85. The Bertz CT molecular complexity index is 1030. The van der Waals surface area contributed by atoms with Crippen molar-refractivity contribution in [3.8, 4) is 0 Å². The summed E-state index contributed by atoms with van der Waals surface area (Å²) in [6.45, 7) is 3.38. The molecule has 0 aromatic heterocycles. The normalized spacial score (nSPS) is 12.1. The largest absolute Gasteiger partial charge is 0.417 e. The van der Waals surface area contributed by atoms with Gasteiger partial charge in [-0.3, -0.25) is 9.52 Å². The minimum atomic E-state index is -4.73. The number of nitrogens with one attached hydrogen (secondary N) is 2. The number of sulfonamides is 1. The van der Waals surface area contributed by atoms with Crippen molar-refractivity contribution in [2.24, 2.45) is 5.92 Å². The second-order valence-electron chi connectivity index (χ2n) is 6.30. The van der Waals surface area contributed by atoms with Crippen LogP contribution in [0.3, 0.4) is 0 Å². The molecule has 158 valence electrons. The SMILES string of the molecule is CSc1ccc(S(=O)(=O)Nc2ccc(Cl)c(C(F)(F)F)c2)cc1NC(=O)C(C)C. The van der Waals surface area contributed by atoms with E-state index in [0.717, 1.165) is 12.1 Å². The van der Waals surface area contributed by atoms with Crippen LogP contribution in [0.4, 0.5) is 24.5 Å². The van der Waals surface area contributed by atoms with Crippen LogP contribution in [-0.4, -0.2) is 20.6 Å². The van der Waals surface area contributed by atoms with Crippen LogP contribution in [-0.2, 0) is 21.0 Å². The highest BCUT2D eigenvalue weighted by Crippen LogP contribution is 2.37. The number of halogens is 4. The van der Waals surface area contributed by atoms with Gasteiger partial charge in [0, 0.05) is 16.5 Å². The highest BCUT2D eigenvalue weighted by Gasteiger charge is 2.33. The lowest BCUT2D eigenvalue weighted by Gasteiger charge is -2.15. The van der Waals surface area contributed by atoms with E-state index in [1.807, 2.05) is 0 Å². The second-order valence-corrected chi connectivity index (χ2v) is 9.24. The molecule has 11 heteroatoms. The van der Waals surface area contributed by atoms with Crippen LogP contribution in [0.2, 0.25) is 5.02 Å². The molecule has 0 saturated heterocycles. The van der Waals surface area contributed by atoms with Gasteiger partial charge in [-0.2, -0.15) is 13.2 Å². The number of amides is 1. The molecule has 0 aliphatic heterocycles. The number of alkyl halides is 3. The first kappa shape index (κ1) is 23.4. The summed E-state index contributed by atoms with van der Waals surface area (Å²) >= 11 is 6.87. The van der Waals surface area contributed by atoms with Gasteiger partial charge in [-0.15, -0.1) is 11.8 Å². The predicted molar refractivity (Wildman–Crippen MR) is 109 cm³/mol. The molecule has 2 aromatic rings. The maximum absolute atomic E-state index is 13.0. The molecule has 29 heavy (non-hydrogen) atoms. The van der Waals surface area contributed by atoms with E-state index in [-0.39, 0.29) is 22.4 Å². The summed E-state index contributed by atoms with van der Waals surface area (Å²) in [5.74, 6) is -0.617. The Balaban J connectivity index is 2.40. The molecule has 0 fully saturated rings. The molecule has 5 nitrogen and oxygen atoms in total. The first-order valence-electron chi connectivity index (χ1n) is 8.23. The molecule has 2 aromatic carbocycles. The summed E-state index contributed by atoms with van der Waals surface area (Å²) in [5, 5.41) is 2.12. The third-order valence-electron chi connectivity index (χ3n) is 3.79. The average Bonchev–Trinajstić information content (AvgIpc) is 2.62. The maximum Gasteiger partial charge on any atom is 0.417 e. The van der Waals surface area contributed by atoms with E-state index in [1.165, 1.54) is 30.0 Å². The van der Waals surface area contributed by atoms with Gasteiger partial charge in [0.05, 0.1) is 21.2 Å². The fourth-order valence-corrected chi connectivity index (χ4v) is 4.08. The topological polar surface area (TPSA) is 75.3 Å². The molecule has 0 aliphatic rings. The lowest BCUT2D eigenvalue weighted by molar-refractivity contribution is -0.137. The smallest absolute Gasteiger partial charge is 0.325 e. The first-order valence-corrected chi connectivity index (χ1v) is 11.3. The Morgan fingerprint density at radius 1 is 1.14 bits per heavy atom. The standard InChI is InChI=1S/C18H18ClF3N2O3S2/c1-10(2)17(25)23-15-9-12(5-7-16(15)28-3)29(26,27)24-11-4-6-14(19)13(8-11)18(20,21)22/h4-10,24H,1-3H3,(H,23,25). The van der Waals surface area contributed by atoms with Gasteiger partial charge >= 0.3 is 6.18 Å². The zero-order valence-electron chi connectivity index (χ0n) is 15.6. The molecule has 0 unspecified atom stereocenters. The predicted octanol–water partition coefficient (Wildman–Crippen LogP) is 5.48. The number of rotatable bonds is 6. The van der Waals surface area contributed by atoms with E-state index in [4.69, 9.17) is 11.6 Å². The van der Waals surface area contributed by atoms with Gasteiger partial charge in [0.25, 0.3) is 10.0 Å². The van der Waals surface area contributed by atoms with E-state index >= 15 is 0 Å². The number of hydrogen-bond donors (Lipinski definition) is 2. The van der Waals surface area contributed by atoms with Crippen LogP contribution in [0.5, 0.6) is 0 Å². The Hall–Kier alpha value is -1.91. The molecule has 2 rings (SSSR count). The fourth-order valence-electron chi connectivity index (χ4n) is 2.25. The molecule has 0 heterocycles. The van der Waals surface area contributed by atoms with Gasteiger partial charge in [-0.25, -0.2) is 8.42 Å². The van der Waals surface area contributed by atoms with Crippen molar-refractivity contribution in [3.05, 3.63) is 47.0 Å². The van der Waals surface area contributed by atoms with Crippen molar-refractivity contribution >= 4 is 50.7 Å². The number of carbonyl (C=O) groups is 1. The van der Waals surface area contributed by atoms with Gasteiger partial charge in [0.15, 0.2) is 0 Å². The number of anilines is 2. The average molecular weight is 467 g/mol. The number of benzene rings is 2. The molecule has 0 radical (unpaired) electrons. The van der Waals surface area contributed by atoms with Crippen molar-refractivity contribution in [2.75, 3.05) is 16.3 Å². The summed E-state index contributed by atoms with van der Waals surface area (Å²) < 4.78 is 66.5. The van der Waals surface area contributed by atoms with Gasteiger partial charge in [0.1, 0.15) is 0 Å². The molecule has 2 N–H and O–H groups in total. The summed E-state index contributed by atoms with van der Waals surface area (Å²) in [4.78, 5) is 12.4. The van der Waals surface area contributed by atoms with Gasteiger partial charge in [-0.05, 0) is 42.7 Å². The van der Waals surface area contributed by atoms with Crippen LogP contribution < -0.4 is 10.0 Å². The van der Waals surface area contributed by atoms with E-state index in [1.54, 1.807) is 20.1 Å². The maximum atomic E-state index is 13.0. The van der Waals surface area contributed by atoms with Crippen LogP contribution in [0.15, 0.2) is 46.2 Å². The van der Waals surface area contributed by atoms with Crippen LogP contribution in [0, 0.1) is 5.92 Å². The zero-order valence-corrected chi connectivity index (χ0v) is 18.0. The Morgan fingerprint density at radius 2 is 1.79 bits per heavy atom. The third-order valence-corrected chi connectivity index (χ3v) is 6.29. The minimum Gasteiger partial charge on any atom is -0.325 e. The molecular formula is C18H18ClF3N2O3S2. The summed E-state index contributed by atoms with van der Waals surface area (Å²) in [5.41, 5.74) is -1.14. The highest BCUT2D eigenvalue weighted by molar-refractivity contribution is 7.98. The molecule has 0 atom stereocenters. The molecule has 1 amide bonds. The van der Waals surface area contributed by atoms with Crippen molar-refractivity contribution < 1.29 is 26.4 Å². The zero-order chi connectivity index (χ0) is 22.0. The van der Waals surface area contributed by atoms with E-state index in [9.17, 15) is 26.4 Å². The molecular weight excluding hydrogens is 449 g/mol. The molecule has 0 spiro atoms. The van der Waals surface area contributed by atoms with E-state index < -0.39 is 26.8 Å². The van der Waals surface area contributed by atoms with Gasteiger partial charge in [0.2, 0.25) is 5.91 Å². The van der Waals surface area contributed by atoms with Gasteiger partial charge < -0.3 is 5.32 Å². The van der Waals surface area contributed by atoms with Crippen molar-refractivity contribution in [1.82, 2.24) is 0 Å². The summed E-state index contributed by atoms with van der Waals surface area (Å²) in [7, 11) is -4.21. The summed E-state index contributed by atoms with van der Waals surface area (Å²) in [6.07, 6.45) is -2.97. The van der Waals surface area contributed by atoms with Crippen molar-refractivity contribution in [3.63, 3.8) is 0 Å². The van der Waals surface area contributed by atoms with E-state index in [2.05, 4.69) is 10.0 Å². The lowest BCUT2D eigenvalue weighted by Crippen LogP contribution is -2.19. The quantitative estimate of drug-likeness (QED) is 0.553. The monoisotopic (exact) mass is 466 g/mol. The molecule has 0 bridgehead atoms. The number of carbonyl (C=O) groups excluding carboxylic acids is 1. The van der Waals surface area contributed by atoms with Crippen molar-refractivity contribution in [2.45, 2.75) is 29.8 Å². The third kappa shape index (κ3) is 5.80. The molecule has 0 aliphatic carbocycles. The summed E-state index contributed by atoms with van der Waals surface area (Å²) in [6, 6.07) is 6.80. The lowest BCUT2D eigenvalue weighted by atomic mass is 10.2. The van der Waals surface area contributed by atoms with Crippen LogP contribution >= 0.6 is 23.4 Å². The minimum absolute atomic E-state index is 0.210. The van der Waals surface area contributed by atoms with Gasteiger partial charge in [-0.1, -0.05) is 25.4 Å². The van der Waals surface area contributed by atoms with Crippen LogP contribution in [0.1, 0.15) is 19.4 Å². The highest BCUT2D eigenvalue weighted by atomic mass is 35.5.